The first-order valence-electron chi connectivity index (χ1n) is 6.92. The van der Waals surface area contributed by atoms with E-state index >= 15 is 0 Å². The third-order valence-electron chi connectivity index (χ3n) is 3.77. The summed E-state index contributed by atoms with van der Waals surface area (Å²) in [7, 11) is 0. The number of thiophene rings is 1. The molecule has 1 aliphatic rings. The van der Waals surface area contributed by atoms with Gasteiger partial charge in [-0.05, 0) is 36.4 Å². The van der Waals surface area contributed by atoms with Gasteiger partial charge in [0.05, 0.1) is 0 Å². The molecule has 1 aromatic carbocycles. The summed E-state index contributed by atoms with van der Waals surface area (Å²) in [5.74, 6) is 0. The summed E-state index contributed by atoms with van der Waals surface area (Å²) in [4.78, 5) is 3.94. The molecule has 0 spiro atoms. The Bertz CT molecular complexity index is 521. The fraction of sp³-hybridized carbons (Fsp3) is 0.375. The molecule has 1 N–H and O–H groups in total. The number of hydrogen-bond donors (Lipinski definition) is 1. The Labute approximate surface area is 119 Å². The highest BCUT2D eigenvalue weighted by Gasteiger charge is 2.22. The van der Waals surface area contributed by atoms with Crippen molar-refractivity contribution in [1.29, 1.82) is 0 Å². The van der Waals surface area contributed by atoms with Crippen LogP contribution in [0.5, 0.6) is 0 Å². The van der Waals surface area contributed by atoms with E-state index in [9.17, 15) is 0 Å². The predicted octanol–water partition coefficient (Wildman–Crippen LogP) is 3.29. The monoisotopic (exact) mass is 272 g/mol. The Morgan fingerprint density at radius 1 is 1.26 bits per heavy atom. The summed E-state index contributed by atoms with van der Waals surface area (Å²) in [5, 5.41) is 5.70. The van der Waals surface area contributed by atoms with Gasteiger partial charge in [-0.1, -0.05) is 24.3 Å². The number of nitrogens with zero attached hydrogens (tertiary/aromatic N) is 1. The Kier molecular flexibility index (Phi) is 3.85. The molecule has 0 bridgehead atoms. The SMILES string of the molecule is CC(CNCc1cccs1)N1CCc2ccccc21. The van der Waals surface area contributed by atoms with E-state index in [1.807, 2.05) is 11.3 Å². The second-order valence-corrected chi connectivity index (χ2v) is 6.16. The van der Waals surface area contributed by atoms with E-state index in [4.69, 9.17) is 0 Å². The standard InChI is InChI=1S/C16H20N2S/c1-13(11-17-12-15-6-4-10-19-15)18-9-8-14-5-2-3-7-16(14)18/h2-7,10,13,17H,8-9,11-12H2,1H3. The van der Waals surface area contributed by atoms with Gasteiger partial charge in [-0.15, -0.1) is 11.3 Å². The minimum absolute atomic E-state index is 0.545. The maximum atomic E-state index is 3.56. The van der Waals surface area contributed by atoms with Crippen molar-refractivity contribution < 1.29 is 0 Å². The largest absolute Gasteiger partial charge is 0.367 e. The number of rotatable bonds is 5. The average molecular weight is 272 g/mol. The zero-order valence-electron chi connectivity index (χ0n) is 11.3. The van der Waals surface area contributed by atoms with Gasteiger partial charge in [0.2, 0.25) is 0 Å². The van der Waals surface area contributed by atoms with E-state index in [0.717, 1.165) is 19.6 Å². The lowest BCUT2D eigenvalue weighted by Crippen LogP contribution is -2.39. The molecule has 1 aromatic heterocycles. The quantitative estimate of drug-likeness (QED) is 0.898. The maximum Gasteiger partial charge on any atom is 0.0402 e. The van der Waals surface area contributed by atoms with Gasteiger partial charge in [-0.25, -0.2) is 0 Å². The van der Waals surface area contributed by atoms with Crippen LogP contribution in [-0.4, -0.2) is 19.1 Å². The van der Waals surface area contributed by atoms with Crippen LogP contribution >= 0.6 is 11.3 Å². The zero-order chi connectivity index (χ0) is 13.1. The highest BCUT2D eigenvalue weighted by molar-refractivity contribution is 7.09. The van der Waals surface area contributed by atoms with E-state index in [1.54, 1.807) is 0 Å². The van der Waals surface area contributed by atoms with Crippen LogP contribution in [-0.2, 0) is 13.0 Å². The number of para-hydroxylation sites is 1. The summed E-state index contributed by atoms with van der Waals surface area (Å²) in [6.45, 7) is 5.48. The summed E-state index contributed by atoms with van der Waals surface area (Å²) < 4.78 is 0. The molecule has 3 rings (SSSR count). The molecule has 1 unspecified atom stereocenters. The van der Waals surface area contributed by atoms with E-state index in [1.165, 1.54) is 22.5 Å². The van der Waals surface area contributed by atoms with Crippen molar-refractivity contribution in [3.05, 3.63) is 52.2 Å². The van der Waals surface area contributed by atoms with Gasteiger partial charge < -0.3 is 10.2 Å². The highest BCUT2D eigenvalue weighted by Crippen LogP contribution is 2.28. The van der Waals surface area contributed by atoms with Crippen LogP contribution in [0.1, 0.15) is 17.4 Å². The first-order chi connectivity index (χ1) is 9.34. The van der Waals surface area contributed by atoms with Crippen molar-refractivity contribution in [2.24, 2.45) is 0 Å². The lowest BCUT2D eigenvalue weighted by molar-refractivity contribution is 0.573. The molecule has 2 heterocycles. The molecule has 19 heavy (non-hydrogen) atoms. The smallest absolute Gasteiger partial charge is 0.0402 e. The molecule has 100 valence electrons. The molecule has 3 heteroatoms. The Morgan fingerprint density at radius 2 is 2.16 bits per heavy atom. The normalized spacial score (nSPS) is 15.5. The van der Waals surface area contributed by atoms with Crippen LogP contribution in [0.25, 0.3) is 0 Å². The van der Waals surface area contributed by atoms with Crippen molar-refractivity contribution >= 4 is 17.0 Å². The van der Waals surface area contributed by atoms with E-state index in [0.29, 0.717) is 6.04 Å². The van der Waals surface area contributed by atoms with E-state index in [-0.39, 0.29) is 0 Å². The van der Waals surface area contributed by atoms with Crippen molar-refractivity contribution in [2.75, 3.05) is 18.0 Å². The summed E-state index contributed by atoms with van der Waals surface area (Å²) in [5.41, 5.74) is 2.92. The van der Waals surface area contributed by atoms with Gasteiger partial charge in [0, 0.05) is 36.2 Å². The molecule has 0 radical (unpaired) electrons. The number of fused-ring (bicyclic) bond motifs is 1. The number of nitrogens with one attached hydrogen (secondary N) is 1. The number of hydrogen-bond acceptors (Lipinski definition) is 3. The van der Waals surface area contributed by atoms with Crippen LogP contribution in [0.2, 0.25) is 0 Å². The van der Waals surface area contributed by atoms with E-state index < -0.39 is 0 Å². The van der Waals surface area contributed by atoms with Crippen molar-refractivity contribution in [3.8, 4) is 0 Å². The van der Waals surface area contributed by atoms with Crippen LogP contribution < -0.4 is 10.2 Å². The second-order valence-electron chi connectivity index (χ2n) is 5.13. The molecule has 0 fully saturated rings. The molecular formula is C16H20N2S. The fourth-order valence-electron chi connectivity index (χ4n) is 2.75. The van der Waals surface area contributed by atoms with Gasteiger partial charge >= 0.3 is 0 Å². The molecular weight excluding hydrogens is 252 g/mol. The van der Waals surface area contributed by atoms with Gasteiger partial charge in [0.15, 0.2) is 0 Å². The number of anilines is 1. The van der Waals surface area contributed by atoms with Gasteiger partial charge in [-0.2, -0.15) is 0 Å². The van der Waals surface area contributed by atoms with Crippen LogP contribution in [0, 0.1) is 0 Å². The van der Waals surface area contributed by atoms with Gasteiger partial charge in [0.1, 0.15) is 0 Å². The second kappa shape index (κ2) is 5.76. The third kappa shape index (κ3) is 2.82. The minimum atomic E-state index is 0.545. The predicted molar refractivity (Wildman–Crippen MR) is 83.0 cm³/mol. The minimum Gasteiger partial charge on any atom is -0.367 e. The Morgan fingerprint density at radius 3 is 3.00 bits per heavy atom. The average Bonchev–Trinajstić information content (AvgIpc) is 3.07. The third-order valence-corrected chi connectivity index (χ3v) is 4.65. The van der Waals surface area contributed by atoms with Crippen LogP contribution in [0.3, 0.4) is 0 Å². The number of benzene rings is 1. The molecule has 0 aliphatic carbocycles. The van der Waals surface area contributed by atoms with Gasteiger partial charge in [0.25, 0.3) is 0 Å². The summed E-state index contributed by atoms with van der Waals surface area (Å²) in [6, 6.07) is 13.6. The molecule has 2 aromatic rings. The van der Waals surface area contributed by atoms with E-state index in [2.05, 4.69) is 58.9 Å². The Balaban J connectivity index is 1.55. The van der Waals surface area contributed by atoms with Crippen molar-refractivity contribution in [2.45, 2.75) is 25.9 Å². The van der Waals surface area contributed by atoms with Crippen LogP contribution in [0.15, 0.2) is 41.8 Å². The van der Waals surface area contributed by atoms with Gasteiger partial charge in [-0.3, -0.25) is 0 Å². The Hall–Kier alpha value is -1.32. The van der Waals surface area contributed by atoms with Crippen molar-refractivity contribution in [3.63, 3.8) is 0 Å². The lowest BCUT2D eigenvalue weighted by atomic mass is 10.2. The molecule has 1 atom stereocenters. The fourth-order valence-corrected chi connectivity index (χ4v) is 3.42. The molecule has 0 amide bonds. The molecule has 1 aliphatic heterocycles. The summed E-state index contributed by atoms with van der Waals surface area (Å²) in [6.07, 6.45) is 1.19. The first kappa shape index (κ1) is 12.7. The maximum absolute atomic E-state index is 3.56. The molecule has 0 saturated carbocycles. The summed E-state index contributed by atoms with van der Waals surface area (Å²) >= 11 is 1.82. The van der Waals surface area contributed by atoms with Crippen molar-refractivity contribution in [1.82, 2.24) is 5.32 Å². The first-order valence-corrected chi connectivity index (χ1v) is 7.80. The van der Waals surface area contributed by atoms with Crippen LogP contribution in [0.4, 0.5) is 5.69 Å². The molecule has 2 nitrogen and oxygen atoms in total. The highest BCUT2D eigenvalue weighted by atomic mass is 32.1. The zero-order valence-corrected chi connectivity index (χ0v) is 12.1. The topological polar surface area (TPSA) is 15.3 Å². The molecule has 0 saturated heterocycles. The lowest BCUT2D eigenvalue weighted by Gasteiger charge is -2.27.